The lowest BCUT2D eigenvalue weighted by atomic mass is 9.73. The van der Waals surface area contributed by atoms with Gasteiger partial charge in [0.1, 0.15) is 5.82 Å². The van der Waals surface area contributed by atoms with E-state index in [9.17, 15) is 4.79 Å². The van der Waals surface area contributed by atoms with E-state index >= 15 is 0 Å². The topological polar surface area (TPSA) is 92.5 Å². The first-order valence-electron chi connectivity index (χ1n) is 11.8. The van der Waals surface area contributed by atoms with Gasteiger partial charge in [-0.15, -0.1) is 10.2 Å². The van der Waals surface area contributed by atoms with Crippen LogP contribution in [0.4, 0.5) is 16.6 Å². The van der Waals surface area contributed by atoms with Crippen molar-refractivity contribution in [3.63, 3.8) is 0 Å². The Morgan fingerprint density at radius 2 is 1.91 bits per heavy atom. The van der Waals surface area contributed by atoms with E-state index in [1.807, 2.05) is 39.0 Å². The highest BCUT2D eigenvalue weighted by Crippen LogP contribution is 2.44. The van der Waals surface area contributed by atoms with Gasteiger partial charge >= 0.3 is 6.09 Å². The van der Waals surface area contributed by atoms with Gasteiger partial charge in [-0.1, -0.05) is 11.6 Å². The number of benzene rings is 1. The number of amides is 1. The molecule has 3 aromatic rings. The van der Waals surface area contributed by atoms with Crippen LogP contribution in [0, 0.1) is 5.41 Å². The highest BCUT2D eigenvalue weighted by molar-refractivity contribution is 6.30. The van der Waals surface area contributed by atoms with E-state index in [2.05, 4.69) is 34.5 Å². The number of hydrogen-bond acceptors (Lipinski definition) is 8. The van der Waals surface area contributed by atoms with E-state index in [4.69, 9.17) is 16.3 Å². The molecule has 2 aromatic heterocycles. The Morgan fingerprint density at radius 3 is 2.63 bits per heavy atom. The molecule has 1 aromatic carbocycles. The molecule has 1 spiro atoms. The average molecular weight is 495 g/mol. The van der Waals surface area contributed by atoms with Crippen LogP contribution >= 0.6 is 11.6 Å². The Kier molecular flexibility index (Phi) is 5.10. The summed E-state index contributed by atoms with van der Waals surface area (Å²) in [7, 11) is 0. The van der Waals surface area contributed by atoms with E-state index in [1.54, 1.807) is 23.5 Å². The number of rotatable bonds is 3. The summed E-state index contributed by atoms with van der Waals surface area (Å²) in [4.78, 5) is 27.7. The molecule has 0 N–H and O–H groups in total. The summed E-state index contributed by atoms with van der Waals surface area (Å²) in [5, 5.41) is 9.75. The smallest absolute Gasteiger partial charge is 0.410 e. The molecule has 11 heteroatoms. The van der Waals surface area contributed by atoms with Crippen LogP contribution in [0.5, 0.6) is 0 Å². The van der Waals surface area contributed by atoms with E-state index in [0.29, 0.717) is 17.4 Å². The van der Waals surface area contributed by atoms with Crippen molar-refractivity contribution in [1.29, 1.82) is 0 Å². The summed E-state index contributed by atoms with van der Waals surface area (Å²) in [6.45, 7) is 9.69. The maximum absolute atomic E-state index is 13.0. The van der Waals surface area contributed by atoms with Crippen molar-refractivity contribution in [1.82, 2.24) is 29.6 Å². The fourth-order valence-electron chi connectivity index (χ4n) is 5.33. The molecule has 35 heavy (non-hydrogen) atoms. The van der Waals surface area contributed by atoms with Crippen molar-refractivity contribution >= 4 is 29.5 Å². The van der Waals surface area contributed by atoms with Crippen LogP contribution in [0.1, 0.15) is 38.2 Å². The number of hydrogen-bond donors (Lipinski definition) is 0. The molecule has 3 aliphatic rings. The molecule has 0 saturated carbocycles. The van der Waals surface area contributed by atoms with Gasteiger partial charge in [0, 0.05) is 49.0 Å². The Labute approximate surface area is 208 Å². The quantitative estimate of drug-likeness (QED) is 0.546. The highest BCUT2D eigenvalue weighted by Gasteiger charge is 2.53. The molecule has 1 amide bonds. The minimum Gasteiger partial charge on any atom is -0.447 e. The van der Waals surface area contributed by atoms with Crippen LogP contribution in [0.25, 0.3) is 5.69 Å². The molecule has 3 aliphatic heterocycles. The van der Waals surface area contributed by atoms with E-state index in [0.717, 1.165) is 49.2 Å². The van der Waals surface area contributed by atoms with Crippen molar-refractivity contribution in [3.8, 4) is 5.69 Å². The van der Waals surface area contributed by atoms with Gasteiger partial charge < -0.3 is 14.5 Å². The first-order valence-corrected chi connectivity index (χ1v) is 12.2. The average Bonchev–Trinajstić information content (AvgIpc) is 3.15. The monoisotopic (exact) mass is 494 g/mol. The van der Waals surface area contributed by atoms with Gasteiger partial charge in [0.15, 0.2) is 5.82 Å². The molecule has 6 rings (SSSR count). The lowest BCUT2D eigenvalue weighted by molar-refractivity contribution is 0.0618. The van der Waals surface area contributed by atoms with Crippen LogP contribution in [0.3, 0.4) is 0 Å². The summed E-state index contributed by atoms with van der Waals surface area (Å²) < 4.78 is 7.60. The number of fused-ring (bicyclic) bond motifs is 3. The predicted molar refractivity (Wildman–Crippen MR) is 131 cm³/mol. The second-order valence-corrected chi connectivity index (χ2v) is 10.4. The van der Waals surface area contributed by atoms with Gasteiger partial charge in [0.25, 0.3) is 0 Å². The number of carbonyl (C=O) groups excluding carboxylic acids is 1. The van der Waals surface area contributed by atoms with Gasteiger partial charge in [-0.25, -0.2) is 9.78 Å². The van der Waals surface area contributed by atoms with Gasteiger partial charge in [-0.3, -0.25) is 14.5 Å². The molecular formula is C24H27ClN8O2. The number of nitrogens with zero attached hydrogens (tertiary/aromatic N) is 8. The maximum atomic E-state index is 13.0. The maximum Gasteiger partial charge on any atom is 0.410 e. The van der Waals surface area contributed by atoms with Gasteiger partial charge in [0.2, 0.25) is 5.95 Å². The third-order valence-electron chi connectivity index (χ3n) is 6.97. The number of carbonyl (C=O) groups is 1. The zero-order valence-corrected chi connectivity index (χ0v) is 20.7. The molecule has 1 atom stereocenters. The minimum atomic E-state index is -0.377. The van der Waals surface area contributed by atoms with Gasteiger partial charge in [-0.2, -0.15) is 0 Å². The molecule has 10 nitrogen and oxygen atoms in total. The second kappa shape index (κ2) is 8.08. The number of ether oxygens (including phenoxy) is 1. The Morgan fingerprint density at radius 1 is 1.14 bits per heavy atom. The van der Waals surface area contributed by atoms with E-state index in [-0.39, 0.29) is 23.7 Å². The lowest BCUT2D eigenvalue weighted by Gasteiger charge is -2.60. The van der Waals surface area contributed by atoms with E-state index < -0.39 is 0 Å². The fraction of sp³-hybridized carbons (Fsp3) is 0.458. The first kappa shape index (κ1) is 22.1. The third kappa shape index (κ3) is 3.67. The minimum absolute atomic E-state index is 0.216. The van der Waals surface area contributed by atoms with Crippen LogP contribution in [0.15, 0.2) is 36.8 Å². The molecule has 1 unspecified atom stereocenters. The van der Waals surface area contributed by atoms with E-state index in [1.165, 1.54) is 0 Å². The molecule has 0 aliphatic carbocycles. The Balaban J connectivity index is 1.28. The second-order valence-electron chi connectivity index (χ2n) is 9.98. The molecular weight excluding hydrogens is 468 g/mol. The Hall–Kier alpha value is -3.40. The molecule has 0 radical (unpaired) electrons. The number of halogens is 1. The zero-order chi connectivity index (χ0) is 24.3. The zero-order valence-electron chi connectivity index (χ0n) is 19.9. The highest BCUT2D eigenvalue weighted by atomic mass is 35.5. The van der Waals surface area contributed by atoms with Crippen molar-refractivity contribution in [3.05, 3.63) is 53.2 Å². The number of aromatic nitrogens is 5. The van der Waals surface area contributed by atoms with Crippen molar-refractivity contribution in [2.75, 3.05) is 36.0 Å². The molecule has 182 valence electrons. The molecule has 2 fully saturated rings. The first-order chi connectivity index (χ1) is 16.8. The lowest BCUT2D eigenvalue weighted by Crippen LogP contribution is -2.73. The summed E-state index contributed by atoms with van der Waals surface area (Å²) in [5.74, 6) is 2.41. The van der Waals surface area contributed by atoms with Crippen molar-refractivity contribution in [2.45, 2.75) is 39.5 Å². The summed E-state index contributed by atoms with van der Waals surface area (Å²) in [6.07, 6.45) is 4.63. The van der Waals surface area contributed by atoms with Crippen LogP contribution in [0.2, 0.25) is 5.02 Å². The molecule has 0 bridgehead atoms. The largest absolute Gasteiger partial charge is 0.447 e. The summed E-state index contributed by atoms with van der Waals surface area (Å²) in [5.41, 5.74) is 2.08. The number of anilines is 2. The molecule has 5 heterocycles. The molecule has 2 saturated heterocycles. The normalized spacial score (nSPS) is 20.1. The summed E-state index contributed by atoms with van der Waals surface area (Å²) >= 11 is 6.35. The predicted octanol–water partition coefficient (Wildman–Crippen LogP) is 3.46. The fourth-order valence-corrected chi connectivity index (χ4v) is 5.52. The van der Waals surface area contributed by atoms with Crippen LogP contribution in [-0.4, -0.2) is 68.0 Å². The van der Waals surface area contributed by atoms with Crippen molar-refractivity contribution < 1.29 is 9.53 Å². The Bertz CT molecular complexity index is 1270. The van der Waals surface area contributed by atoms with Crippen LogP contribution in [-0.2, 0) is 11.3 Å². The van der Waals surface area contributed by atoms with Crippen LogP contribution < -0.4 is 9.80 Å². The van der Waals surface area contributed by atoms with Gasteiger partial charge in [-0.05, 0) is 44.5 Å². The van der Waals surface area contributed by atoms with Crippen molar-refractivity contribution in [2.24, 2.45) is 5.41 Å². The van der Waals surface area contributed by atoms with Gasteiger partial charge in [0.05, 0.1) is 30.6 Å². The standard InChI is InChI=1S/C24H27ClN8O2/c1-15(2)35-23(34)32-10-17-8-18(25)4-5-19(17)33-21(16(32)3)28-29-22(33)31-13-24(14-31)11-30(12-24)20-9-26-6-7-27-20/h4-9,15-16H,10-14H2,1-3H3. The third-order valence-corrected chi connectivity index (χ3v) is 7.20. The summed E-state index contributed by atoms with van der Waals surface area (Å²) in [6, 6.07) is 5.43. The SMILES string of the molecule is CC(C)OC(=O)N1Cc2cc(Cl)ccc2-n2c(nnc2N2CC3(CN(c4cnccn4)C3)C2)C1C.